The minimum Gasteiger partial charge on any atom is -0.378 e. The Balaban J connectivity index is 1.27. The standard InChI is InChI=1S/C27H29N7OS/c28-16-18-13-22(21-3-4-29-23(21)14-18)26-30-24-15-20(17-32-5-7-33(8-6-32)19-1-2-19)36-25(24)27(31-26)34-9-11-35-12-10-34/h3-4,13-15,19,29H,1-2,5-12,17H2. The van der Waals surface area contributed by atoms with Crippen molar-refractivity contribution in [1.29, 1.82) is 5.26 Å². The first-order valence-electron chi connectivity index (χ1n) is 12.9. The van der Waals surface area contributed by atoms with Crippen molar-refractivity contribution in [1.82, 2.24) is 24.8 Å². The van der Waals surface area contributed by atoms with Crippen molar-refractivity contribution in [3.05, 3.63) is 40.9 Å². The summed E-state index contributed by atoms with van der Waals surface area (Å²) in [5.41, 5.74) is 3.42. The van der Waals surface area contributed by atoms with Gasteiger partial charge in [0, 0.05) is 79.4 Å². The Hall–Kier alpha value is -3.03. The predicted molar refractivity (Wildman–Crippen MR) is 142 cm³/mol. The van der Waals surface area contributed by atoms with Crippen molar-refractivity contribution >= 4 is 38.3 Å². The first kappa shape index (κ1) is 22.2. The number of rotatable bonds is 5. The average molecular weight is 500 g/mol. The van der Waals surface area contributed by atoms with E-state index in [1.165, 1.54) is 30.8 Å². The van der Waals surface area contributed by atoms with Gasteiger partial charge in [-0.3, -0.25) is 9.80 Å². The number of fused-ring (bicyclic) bond motifs is 2. The molecule has 36 heavy (non-hydrogen) atoms. The molecule has 0 spiro atoms. The molecule has 3 fully saturated rings. The van der Waals surface area contributed by atoms with E-state index in [0.717, 1.165) is 71.3 Å². The van der Waals surface area contributed by atoms with Crippen LogP contribution in [-0.2, 0) is 11.3 Å². The molecule has 3 aliphatic rings. The lowest BCUT2D eigenvalue weighted by Crippen LogP contribution is -2.46. The number of nitrogens with zero attached hydrogens (tertiary/aromatic N) is 6. The van der Waals surface area contributed by atoms with Gasteiger partial charge >= 0.3 is 0 Å². The van der Waals surface area contributed by atoms with Crippen LogP contribution in [0.3, 0.4) is 0 Å². The molecule has 1 aromatic carbocycles. The van der Waals surface area contributed by atoms with Gasteiger partial charge in [0.15, 0.2) is 11.6 Å². The summed E-state index contributed by atoms with van der Waals surface area (Å²) in [6, 6.07) is 11.2. The van der Waals surface area contributed by atoms with E-state index in [0.29, 0.717) is 24.6 Å². The van der Waals surface area contributed by atoms with Crippen molar-refractivity contribution in [3.8, 4) is 17.5 Å². The zero-order valence-corrected chi connectivity index (χ0v) is 21.1. The number of aromatic amines is 1. The van der Waals surface area contributed by atoms with Crippen LogP contribution in [0.25, 0.3) is 32.5 Å². The first-order valence-corrected chi connectivity index (χ1v) is 13.7. The highest BCUT2D eigenvalue weighted by atomic mass is 32.1. The summed E-state index contributed by atoms with van der Waals surface area (Å²) in [4.78, 5) is 22.3. The Morgan fingerprint density at radius 1 is 1.06 bits per heavy atom. The molecule has 1 saturated carbocycles. The maximum atomic E-state index is 9.61. The van der Waals surface area contributed by atoms with Crippen molar-refractivity contribution in [2.75, 3.05) is 57.4 Å². The SMILES string of the molecule is N#Cc1cc(-c2nc(N3CCOCC3)c3sc(CN4CCN(C5CC5)CC4)cc3n2)c2cc[nH]c2c1. The molecule has 1 N–H and O–H groups in total. The van der Waals surface area contributed by atoms with E-state index < -0.39 is 0 Å². The predicted octanol–water partition coefficient (Wildman–Crippen LogP) is 3.83. The molecule has 3 aromatic heterocycles. The third-order valence-electron chi connectivity index (χ3n) is 7.60. The number of anilines is 1. The van der Waals surface area contributed by atoms with E-state index in [2.05, 4.69) is 31.8 Å². The van der Waals surface area contributed by atoms with Crippen LogP contribution in [0, 0.1) is 11.3 Å². The van der Waals surface area contributed by atoms with Crippen molar-refractivity contribution in [2.24, 2.45) is 0 Å². The van der Waals surface area contributed by atoms with Crippen LogP contribution in [0.1, 0.15) is 23.3 Å². The third kappa shape index (κ3) is 4.14. The number of aromatic nitrogens is 3. The van der Waals surface area contributed by atoms with E-state index in [4.69, 9.17) is 14.7 Å². The van der Waals surface area contributed by atoms with Crippen LogP contribution >= 0.6 is 11.3 Å². The van der Waals surface area contributed by atoms with Crippen LogP contribution in [0.15, 0.2) is 30.5 Å². The molecular weight excluding hydrogens is 470 g/mol. The molecular formula is C27H29N7OS. The number of hydrogen-bond acceptors (Lipinski definition) is 8. The van der Waals surface area contributed by atoms with Crippen LogP contribution in [0.2, 0.25) is 0 Å². The monoisotopic (exact) mass is 499 g/mol. The summed E-state index contributed by atoms with van der Waals surface area (Å²) < 4.78 is 6.78. The summed E-state index contributed by atoms with van der Waals surface area (Å²) >= 11 is 1.83. The highest BCUT2D eigenvalue weighted by Gasteiger charge is 2.31. The number of benzene rings is 1. The summed E-state index contributed by atoms with van der Waals surface area (Å²) in [6.45, 7) is 8.63. The number of nitriles is 1. The number of morpholine rings is 1. The number of piperazine rings is 1. The molecule has 0 unspecified atom stereocenters. The highest BCUT2D eigenvalue weighted by molar-refractivity contribution is 7.19. The van der Waals surface area contributed by atoms with Gasteiger partial charge in [0.05, 0.1) is 35.1 Å². The molecule has 184 valence electrons. The Labute approximate surface area is 214 Å². The molecule has 7 rings (SSSR count). The van der Waals surface area contributed by atoms with Gasteiger partial charge in [-0.2, -0.15) is 5.26 Å². The molecule has 0 amide bonds. The largest absolute Gasteiger partial charge is 0.378 e. The van der Waals surface area contributed by atoms with Gasteiger partial charge < -0.3 is 14.6 Å². The van der Waals surface area contributed by atoms with Crippen molar-refractivity contribution in [3.63, 3.8) is 0 Å². The topological polar surface area (TPSA) is 84.3 Å². The Kier molecular flexibility index (Phi) is 5.62. The number of ether oxygens (including phenoxy) is 1. The summed E-state index contributed by atoms with van der Waals surface area (Å²) in [5.74, 6) is 1.66. The molecule has 0 radical (unpaired) electrons. The summed E-state index contributed by atoms with van der Waals surface area (Å²) in [6.07, 6.45) is 4.67. The van der Waals surface area contributed by atoms with Gasteiger partial charge in [-0.25, -0.2) is 9.97 Å². The average Bonchev–Trinajstić information content (AvgIpc) is 3.52. The van der Waals surface area contributed by atoms with Gasteiger partial charge in [0.2, 0.25) is 0 Å². The molecule has 0 atom stereocenters. The Morgan fingerprint density at radius 2 is 1.89 bits per heavy atom. The van der Waals surface area contributed by atoms with Gasteiger partial charge in [0.1, 0.15) is 0 Å². The quantitative estimate of drug-likeness (QED) is 0.447. The van der Waals surface area contributed by atoms with Crippen LogP contribution in [0.4, 0.5) is 5.82 Å². The molecule has 8 nitrogen and oxygen atoms in total. The van der Waals surface area contributed by atoms with Gasteiger partial charge in [-0.05, 0) is 37.1 Å². The second kappa shape index (κ2) is 9.12. The molecule has 0 bridgehead atoms. The van der Waals surface area contributed by atoms with E-state index in [1.807, 2.05) is 35.7 Å². The fraction of sp³-hybridized carbons (Fsp3) is 0.444. The number of nitrogens with one attached hydrogen (secondary N) is 1. The molecule has 1 aliphatic carbocycles. The van der Waals surface area contributed by atoms with E-state index >= 15 is 0 Å². The molecule has 9 heteroatoms. The van der Waals surface area contributed by atoms with Crippen LogP contribution in [-0.4, -0.2) is 83.3 Å². The number of H-pyrrole nitrogens is 1. The molecule has 2 aliphatic heterocycles. The van der Waals surface area contributed by atoms with Crippen molar-refractivity contribution in [2.45, 2.75) is 25.4 Å². The minimum atomic E-state index is 0.605. The van der Waals surface area contributed by atoms with Crippen LogP contribution in [0.5, 0.6) is 0 Å². The fourth-order valence-electron chi connectivity index (χ4n) is 5.52. The minimum absolute atomic E-state index is 0.605. The summed E-state index contributed by atoms with van der Waals surface area (Å²) in [7, 11) is 0. The lowest BCUT2D eigenvalue weighted by molar-refractivity contribution is 0.122. The number of hydrogen-bond donors (Lipinski definition) is 1. The maximum Gasteiger partial charge on any atom is 0.162 e. The highest BCUT2D eigenvalue weighted by Crippen LogP contribution is 2.37. The van der Waals surface area contributed by atoms with Gasteiger partial charge in [0.25, 0.3) is 0 Å². The second-order valence-corrected chi connectivity index (χ2v) is 11.2. The lowest BCUT2D eigenvalue weighted by Gasteiger charge is -2.34. The van der Waals surface area contributed by atoms with Gasteiger partial charge in [-0.15, -0.1) is 11.3 Å². The Morgan fingerprint density at radius 3 is 2.67 bits per heavy atom. The lowest BCUT2D eigenvalue weighted by atomic mass is 10.1. The smallest absolute Gasteiger partial charge is 0.162 e. The molecule has 5 heterocycles. The Bertz CT molecular complexity index is 1450. The van der Waals surface area contributed by atoms with Gasteiger partial charge in [-0.1, -0.05) is 0 Å². The van der Waals surface area contributed by atoms with E-state index in [9.17, 15) is 5.26 Å². The fourth-order valence-corrected chi connectivity index (χ4v) is 6.67. The zero-order chi connectivity index (χ0) is 24.1. The normalized spacial score (nSPS) is 19.8. The van der Waals surface area contributed by atoms with E-state index in [1.54, 1.807) is 0 Å². The maximum absolute atomic E-state index is 9.61. The van der Waals surface area contributed by atoms with E-state index in [-0.39, 0.29) is 0 Å². The summed E-state index contributed by atoms with van der Waals surface area (Å²) in [5, 5.41) is 10.6. The number of thiophene rings is 1. The molecule has 2 saturated heterocycles. The van der Waals surface area contributed by atoms with Crippen LogP contribution < -0.4 is 4.90 Å². The third-order valence-corrected chi connectivity index (χ3v) is 8.71. The first-order chi connectivity index (χ1) is 17.7. The molecule has 4 aromatic rings. The zero-order valence-electron chi connectivity index (χ0n) is 20.2. The van der Waals surface area contributed by atoms with Crippen molar-refractivity contribution < 1.29 is 4.74 Å². The second-order valence-electron chi connectivity index (χ2n) is 10.0.